The standard InChI is InChI=1S/C39H35N3O3/c1-26-32-22-23-33(37(44)36(32)41-24-14-13-21-34(26)41)38(45-28(3)43)35-27(2)42(25-40-35)39(29-15-7-4-8-16-29,30-17-9-5-10-18-30)31-19-11-6-12-20-31/h4-21,24-25,33,38H,22-23H2,1-3H3. The number of rotatable bonds is 7. The molecule has 224 valence electrons. The van der Waals surface area contributed by atoms with Crippen molar-refractivity contribution in [2.24, 2.45) is 5.92 Å². The molecule has 6 nitrogen and oxygen atoms in total. The number of hydrogen-bond acceptors (Lipinski definition) is 4. The van der Waals surface area contributed by atoms with E-state index < -0.39 is 23.5 Å². The van der Waals surface area contributed by atoms with Gasteiger partial charge >= 0.3 is 5.97 Å². The smallest absolute Gasteiger partial charge is 0.303 e. The minimum atomic E-state index is -0.834. The second-order valence-electron chi connectivity index (χ2n) is 11.8. The molecule has 6 aromatic rings. The maximum absolute atomic E-state index is 14.4. The van der Waals surface area contributed by atoms with Crippen molar-refractivity contribution in [2.45, 2.75) is 45.3 Å². The third-order valence-electron chi connectivity index (χ3n) is 9.41. The van der Waals surface area contributed by atoms with Gasteiger partial charge in [0.1, 0.15) is 11.2 Å². The first kappa shape index (κ1) is 28.5. The number of carbonyl (C=O) groups is 2. The van der Waals surface area contributed by atoms with Crippen LogP contribution in [-0.2, 0) is 21.5 Å². The summed E-state index contributed by atoms with van der Waals surface area (Å²) in [6, 6.07) is 37.1. The van der Waals surface area contributed by atoms with E-state index in [1.165, 1.54) is 6.92 Å². The molecule has 1 aliphatic carbocycles. The Balaban J connectivity index is 1.42. The van der Waals surface area contributed by atoms with Crippen LogP contribution < -0.4 is 0 Å². The Morgan fingerprint density at radius 2 is 1.40 bits per heavy atom. The fourth-order valence-corrected chi connectivity index (χ4v) is 7.39. The van der Waals surface area contributed by atoms with E-state index in [2.05, 4.69) is 47.9 Å². The van der Waals surface area contributed by atoms with Gasteiger partial charge in [0.25, 0.3) is 0 Å². The van der Waals surface area contributed by atoms with Crippen molar-refractivity contribution >= 4 is 17.3 Å². The van der Waals surface area contributed by atoms with Gasteiger partial charge in [0.05, 0.1) is 17.9 Å². The van der Waals surface area contributed by atoms with Crippen LogP contribution in [0.15, 0.2) is 122 Å². The zero-order valence-electron chi connectivity index (χ0n) is 25.7. The van der Waals surface area contributed by atoms with Crippen molar-refractivity contribution in [1.29, 1.82) is 0 Å². The van der Waals surface area contributed by atoms with Crippen LogP contribution >= 0.6 is 0 Å². The molecule has 0 bridgehead atoms. The molecule has 7 rings (SSSR count). The van der Waals surface area contributed by atoms with E-state index in [9.17, 15) is 9.59 Å². The second kappa shape index (κ2) is 11.4. The lowest BCUT2D eigenvalue weighted by molar-refractivity contribution is -0.149. The summed E-state index contributed by atoms with van der Waals surface area (Å²) in [5, 5.41) is 0. The van der Waals surface area contributed by atoms with Crippen LogP contribution in [0.25, 0.3) is 5.52 Å². The van der Waals surface area contributed by atoms with Crippen LogP contribution in [0.4, 0.5) is 0 Å². The fraction of sp³-hybridized carbons (Fsp3) is 0.205. The van der Waals surface area contributed by atoms with Gasteiger partial charge in [-0.15, -0.1) is 0 Å². The largest absolute Gasteiger partial charge is 0.455 e. The van der Waals surface area contributed by atoms with Crippen molar-refractivity contribution in [2.75, 3.05) is 0 Å². The summed E-state index contributed by atoms with van der Waals surface area (Å²) in [4.78, 5) is 32.0. The highest BCUT2D eigenvalue weighted by Crippen LogP contribution is 2.45. The second-order valence-corrected chi connectivity index (χ2v) is 11.8. The number of Topliss-reactive ketones (excluding diaryl/α,β-unsaturated/α-hetero) is 1. The summed E-state index contributed by atoms with van der Waals surface area (Å²) in [5.41, 5.74) is 7.73. The van der Waals surface area contributed by atoms with Crippen LogP contribution in [0.2, 0.25) is 0 Å². The van der Waals surface area contributed by atoms with Crippen LogP contribution in [0, 0.1) is 19.8 Å². The number of ether oxygens (including phenoxy) is 1. The Morgan fingerprint density at radius 3 is 1.96 bits per heavy atom. The topological polar surface area (TPSA) is 65.6 Å². The summed E-state index contributed by atoms with van der Waals surface area (Å²) < 4.78 is 10.2. The maximum Gasteiger partial charge on any atom is 0.303 e. The van der Waals surface area contributed by atoms with Gasteiger partial charge < -0.3 is 13.7 Å². The Bertz CT molecular complexity index is 1910. The lowest BCUT2D eigenvalue weighted by atomic mass is 9.76. The Hall–Kier alpha value is -5.23. The summed E-state index contributed by atoms with van der Waals surface area (Å²) in [7, 11) is 0. The number of benzene rings is 3. The number of aryl methyl sites for hydroxylation is 1. The average Bonchev–Trinajstić information content (AvgIpc) is 3.60. The predicted molar refractivity (Wildman–Crippen MR) is 174 cm³/mol. The number of ketones is 1. The highest BCUT2D eigenvalue weighted by molar-refractivity contribution is 6.01. The van der Waals surface area contributed by atoms with Gasteiger partial charge in [-0.2, -0.15) is 0 Å². The minimum absolute atomic E-state index is 0.0220. The molecule has 2 unspecified atom stereocenters. The predicted octanol–water partition coefficient (Wildman–Crippen LogP) is 7.64. The van der Waals surface area contributed by atoms with E-state index in [1.807, 2.05) is 96.6 Å². The molecule has 2 atom stereocenters. The molecule has 3 aromatic heterocycles. The van der Waals surface area contributed by atoms with Gasteiger partial charge in [0, 0.05) is 24.3 Å². The molecule has 0 aliphatic heterocycles. The molecule has 0 spiro atoms. The highest BCUT2D eigenvalue weighted by atomic mass is 16.5. The number of nitrogens with zero attached hydrogens (tertiary/aromatic N) is 3. The molecule has 0 saturated carbocycles. The van der Waals surface area contributed by atoms with Crippen LogP contribution in [0.3, 0.4) is 0 Å². The third-order valence-corrected chi connectivity index (χ3v) is 9.41. The van der Waals surface area contributed by atoms with Crippen molar-refractivity contribution in [3.8, 4) is 0 Å². The zero-order chi connectivity index (χ0) is 31.1. The summed E-state index contributed by atoms with van der Waals surface area (Å²) in [6.07, 6.45) is 4.23. The van der Waals surface area contributed by atoms with E-state index in [0.717, 1.165) is 45.4 Å². The summed E-state index contributed by atoms with van der Waals surface area (Å²) >= 11 is 0. The maximum atomic E-state index is 14.4. The summed E-state index contributed by atoms with van der Waals surface area (Å²) in [5.74, 6) is -1.03. The number of esters is 1. The quantitative estimate of drug-likeness (QED) is 0.141. The number of fused-ring (bicyclic) bond motifs is 3. The first-order chi connectivity index (χ1) is 21.9. The molecule has 45 heavy (non-hydrogen) atoms. The minimum Gasteiger partial charge on any atom is -0.455 e. The highest BCUT2D eigenvalue weighted by Gasteiger charge is 2.44. The fourth-order valence-electron chi connectivity index (χ4n) is 7.39. The van der Waals surface area contributed by atoms with Crippen molar-refractivity contribution in [3.05, 3.63) is 167 Å². The van der Waals surface area contributed by atoms with Gasteiger partial charge in [-0.25, -0.2) is 4.98 Å². The zero-order valence-corrected chi connectivity index (χ0v) is 25.7. The van der Waals surface area contributed by atoms with E-state index in [1.54, 1.807) is 0 Å². The lowest BCUT2D eigenvalue weighted by Gasteiger charge is -2.38. The van der Waals surface area contributed by atoms with Gasteiger partial charge in [-0.05, 0) is 66.6 Å². The number of carbonyl (C=O) groups excluding carboxylic acids is 2. The Morgan fingerprint density at radius 1 is 0.844 bits per heavy atom. The number of pyridine rings is 1. The monoisotopic (exact) mass is 593 g/mol. The Kier molecular flexibility index (Phi) is 7.20. The van der Waals surface area contributed by atoms with Crippen LogP contribution in [0.5, 0.6) is 0 Å². The van der Waals surface area contributed by atoms with Crippen molar-refractivity contribution in [1.82, 2.24) is 14.0 Å². The molecule has 0 N–H and O–H groups in total. The normalized spacial score (nSPS) is 15.5. The van der Waals surface area contributed by atoms with Crippen LogP contribution in [-0.4, -0.2) is 25.7 Å². The molecule has 0 radical (unpaired) electrons. The molecule has 0 fully saturated rings. The van der Waals surface area contributed by atoms with E-state index in [-0.39, 0.29) is 5.78 Å². The molecule has 3 aromatic carbocycles. The van der Waals surface area contributed by atoms with E-state index in [0.29, 0.717) is 17.8 Å². The van der Waals surface area contributed by atoms with Gasteiger partial charge in [0.15, 0.2) is 11.9 Å². The van der Waals surface area contributed by atoms with Gasteiger partial charge in [0.2, 0.25) is 0 Å². The van der Waals surface area contributed by atoms with Crippen molar-refractivity contribution < 1.29 is 14.3 Å². The molecule has 1 aliphatic rings. The van der Waals surface area contributed by atoms with Gasteiger partial charge in [-0.1, -0.05) is 97.1 Å². The first-order valence-corrected chi connectivity index (χ1v) is 15.4. The molecule has 6 heteroatoms. The van der Waals surface area contributed by atoms with Gasteiger partial charge in [-0.3, -0.25) is 9.59 Å². The molecule has 0 amide bonds. The first-order valence-electron chi connectivity index (χ1n) is 15.4. The summed E-state index contributed by atoms with van der Waals surface area (Å²) in [6.45, 7) is 5.49. The number of aromatic nitrogens is 3. The SMILES string of the molecule is CC(=O)OC(c1ncn(C(c2ccccc2)(c2ccccc2)c2ccccc2)c1C)C1CCc2c(C)c3ccccn3c2C1=O. The molecular weight excluding hydrogens is 558 g/mol. The van der Waals surface area contributed by atoms with E-state index in [4.69, 9.17) is 9.72 Å². The molecule has 3 heterocycles. The number of imidazole rings is 1. The lowest BCUT2D eigenvalue weighted by Crippen LogP contribution is -2.38. The third kappa shape index (κ3) is 4.51. The van der Waals surface area contributed by atoms with Crippen molar-refractivity contribution in [3.63, 3.8) is 0 Å². The Labute approximate surface area is 262 Å². The molecule has 0 saturated heterocycles. The average molecular weight is 594 g/mol. The molecular formula is C39H35N3O3. The number of hydrogen-bond donors (Lipinski definition) is 0. The van der Waals surface area contributed by atoms with Crippen LogP contribution in [0.1, 0.15) is 69.1 Å². The van der Waals surface area contributed by atoms with E-state index >= 15 is 0 Å².